The topological polar surface area (TPSA) is 94.9 Å². The number of aromatic nitrogens is 2. The molecule has 0 aliphatic carbocycles. The molecule has 0 aliphatic rings. The van der Waals surface area contributed by atoms with Gasteiger partial charge in [-0.05, 0) is 6.92 Å². The van der Waals surface area contributed by atoms with Crippen LogP contribution >= 0.6 is 0 Å². The number of nitrogens with two attached hydrogens (primary N) is 1. The summed E-state index contributed by atoms with van der Waals surface area (Å²) in [5.41, 5.74) is 4.98. The number of anilines is 1. The van der Waals surface area contributed by atoms with Gasteiger partial charge >= 0.3 is 5.69 Å². The molecule has 0 saturated heterocycles. The van der Waals surface area contributed by atoms with Gasteiger partial charge in [0.05, 0.1) is 4.92 Å². The molecule has 6 nitrogen and oxygen atoms in total. The predicted octanol–water partition coefficient (Wildman–Crippen LogP) is 0.275. The first-order chi connectivity index (χ1) is 5.11. The van der Waals surface area contributed by atoms with Crippen molar-refractivity contribution >= 4 is 11.5 Å². The summed E-state index contributed by atoms with van der Waals surface area (Å²) in [4.78, 5) is 16.8. The van der Waals surface area contributed by atoms with Gasteiger partial charge < -0.3 is 5.73 Å². The number of nitrogen functional groups attached to an aromatic ring is 1. The zero-order valence-electron chi connectivity index (χ0n) is 5.81. The minimum absolute atomic E-state index is 0.0949. The van der Waals surface area contributed by atoms with E-state index in [9.17, 15) is 10.1 Å². The molecule has 1 heterocycles. The van der Waals surface area contributed by atoms with E-state index in [-0.39, 0.29) is 11.5 Å². The summed E-state index contributed by atoms with van der Waals surface area (Å²) in [6.45, 7) is 1.61. The van der Waals surface area contributed by atoms with Gasteiger partial charge in [-0.1, -0.05) is 0 Å². The summed E-state index contributed by atoms with van der Waals surface area (Å²) < 4.78 is 0. The monoisotopic (exact) mass is 154 g/mol. The normalized spacial score (nSPS) is 9.55. The third-order valence-electron chi connectivity index (χ3n) is 1.12. The number of hydrogen-bond donors (Lipinski definition) is 1. The molecule has 1 aromatic rings. The van der Waals surface area contributed by atoms with Crippen LogP contribution < -0.4 is 5.73 Å². The Morgan fingerprint density at radius 2 is 2.36 bits per heavy atom. The van der Waals surface area contributed by atoms with Crippen LogP contribution in [0.2, 0.25) is 0 Å². The first-order valence-electron chi connectivity index (χ1n) is 2.85. The second-order valence-electron chi connectivity index (χ2n) is 1.94. The van der Waals surface area contributed by atoms with Gasteiger partial charge in [0.25, 0.3) is 0 Å². The Kier molecular flexibility index (Phi) is 1.67. The van der Waals surface area contributed by atoms with Crippen molar-refractivity contribution in [3.05, 3.63) is 22.1 Å². The molecule has 0 fully saturated rings. The fraction of sp³-hybridized carbons (Fsp3) is 0.200. The number of nitro groups is 1. The molecule has 6 heteroatoms. The average Bonchev–Trinajstić information content (AvgIpc) is 1.85. The number of rotatable bonds is 1. The molecule has 0 aromatic carbocycles. The molecule has 1 rings (SSSR count). The lowest BCUT2D eigenvalue weighted by Crippen LogP contribution is -2.00. The fourth-order valence-electron chi connectivity index (χ4n) is 0.622. The van der Waals surface area contributed by atoms with Gasteiger partial charge in [0, 0.05) is 0 Å². The summed E-state index contributed by atoms with van der Waals surface area (Å²) in [5.74, 6) is 0.329. The zero-order valence-corrected chi connectivity index (χ0v) is 5.81. The van der Waals surface area contributed by atoms with Crippen molar-refractivity contribution in [3.63, 3.8) is 0 Å². The van der Waals surface area contributed by atoms with Crippen molar-refractivity contribution in [2.45, 2.75) is 6.92 Å². The maximum atomic E-state index is 10.2. The van der Waals surface area contributed by atoms with Crippen LogP contribution in [0.25, 0.3) is 0 Å². The molecular formula is C5H6N4O2. The van der Waals surface area contributed by atoms with E-state index in [1.165, 1.54) is 0 Å². The van der Waals surface area contributed by atoms with E-state index >= 15 is 0 Å². The van der Waals surface area contributed by atoms with Gasteiger partial charge in [-0.3, -0.25) is 10.1 Å². The second-order valence-corrected chi connectivity index (χ2v) is 1.94. The Bertz CT molecular complexity index is 299. The summed E-state index contributed by atoms with van der Waals surface area (Å²) in [6.07, 6.45) is 1.09. The molecule has 0 radical (unpaired) electrons. The first kappa shape index (κ1) is 7.39. The SMILES string of the molecule is Cc1ncc([N+](=O)[O-])c(N)n1. The average molecular weight is 154 g/mol. The lowest BCUT2D eigenvalue weighted by Gasteiger charge is -1.94. The lowest BCUT2D eigenvalue weighted by atomic mass is 10.5. The third-order valence-corrected chi connectivity index (χ3v) is 1.12. The molecule has 2 N–H and O–H groups in total. The van der Waals surface area contributed by atoms with Gasteiger partial charge in [0.1, 0.15) is 12.0 Å². The molecule has 1 aromatic heterocycles. The van der Waals surface area contributed by atoms with E-state index in [1.807, 2.05) is 0 Å². The zero-order chi connectivity index (χ0) is 8.43. The molecule has 0 saturated carbocycles. The van der Waals surface area contributed by atoms with Crippen LogP contribution in [0.4, 0.5) is 11.5 Å². The molecule has 0 spiro atoms. The molecule has 0 amide bonds. The van der Waals surface area contributed by atoms with E-state index < -0.39 is 4.92 Å². The van der Waals surface area contributed by atoms with Crippen LogP contribution in [0, 0.1) is 17.0 Å². The smallest absolute Gasteiger partial charge is 0.329 e. The fourth-order valence-corrected chi connectivity index (χ4v) is 0.622. The summed E-state index contributed by atoms with van der Waals surface area (Å²) >= 11 is 0. The van der Waals surface area contributed by atoms with Crippen molar-refractivity contribution in [1.82, 2.24) is 9.97 Å². The minimum Gasteiger partial charge on any atom is -0.378 e. The van der Waals surface area contributed by atoms with Gasteiger partial charge in [0.15, 0.2) is 0 Å². The van der Waals surface area contributed by atoms with Gasteiger partial charge in [-0.15, -0.1) is 0 Å². The first-order valence-corrected chi connectivity index (χ1v) is 2.85. The van der Waals surface area contributed by atoms with Crippen molar-refractivity contribution in [2.75, 3.05) is 5.73 Å². The number of nitrogens with zero attached hydrogens (tertiary/aromatic N) is 3. The van der Waals surface area contributed by atoms with E-state index in [2.05, 4.69) is 9.97 Å². The van der Waals surface area contributed by atoms with E-state index in [0.717, 1.165) is 6.20 Å². The van der Waals surface area contributed by atoms with Crippen LogP contribution in [0.5, 0.6) is 0 Å². The standard InChI is InChI=1S/C5H6N4O2/c1-3-7-2-4(9(10)11)5(6)8-3/h2H,1H3,(H2,6,7,8). The predicted molar refractivity (Wildman–Crippen MR) is 37.8 cm³/mol. The number of aryl methyl sites for hydroxylation is 1. The second kappa shape index (κ2) is 2.49. The van der Waals surface area contributed by atoms with Crippen molar-refractivity contribution in [3.8, 4) is 0 Å². The summed E-state index contributed by atoms with van der Waals surface area (Å²) in [5, 5.41) is 10.2. The molecule has 0 atom stereocenters. The highest BCUT2D eigenvalue weighted by Crippen LogP contribution is 2.15. The van der Waals surface area contributed by atoms with Crippen molar-refractivity contribution < 1.29 is 4.92 Å². The van der Waals surface area contributed by atoms with Crippen LogP contribution in [0.15, 0.2) is 6.20 Å². The molecule has 0 unspecified atom stereocenters. The Balaban J connectivity index is 3.20. The highest BCUT2D eigenvalue weighted by molar-refractivity contribution is 5.49. The molecular weight excluding hydrogens is 148 g/mol. The molecule has 58 valence electrons. The molecule has 0 bridgehead atoms. The van der Waals surface area contributed by atoms with E-state index in [1.54, 1.807) is 6.92 Å². The van der Waals surface area contributed by atoms with E-state index in [0.29, 0.717) is 5.82 Å². The van der Waals surface area contributed by atoms with Gasteiger partial charge in [0.2, 0.25) is 5.82 Å². The number of hydrogen-bond acceptors (Lipinski definition) is 5. The van der Waals surface area contributed by atoms with Crippen LogP contribution in [-0.2, 0) is 0 Å². The highest BCUT2D eigenvalue weighted by Gasteiger charge is 2.11. The maximum absolute atomic E-state index is 10.2. The van der Waals surface area contributed by atoms with Crippen LogP contribution in [0.3, 0.4) is 0 Å². The quantitative estimate of drug-likeness (QED) is 0.462. The summed E-state index contributed by atoms with van der Waals surface area (Å²) in [7, 11) is 0. The highest BCUT2D eigenvalue weighted by atomic mass is 16.6. The largest absolute Gasteiger partial charge is 0.378 e. The Labute approximate surface area is 62.2 Å². The minimum atomic E-state index is -0.616. The summed E-state index contributed by atoms with van der Waals surface area (Å²) in [6, 6.07) is 0. The van der Waals surface area contributed by atoms with Crippen molar-refractivity contribution in [1.29, 1.82) is 0 Å². The van der Waals surface area contributed by atoms with Crippen molar-refractivity contribution in [2.24, 2.45) is 0 Å². The third kappa shape index (κ3) is 1.40. The van der Waals surface area contributed by atoms with Gasteiger partial charge in [-0.2, -0.15) is 0 Å². The Hall–Kier alpha value is -1.72. The maximum Gasteiger partial charge on any atom is 0.329 e. The molecule has 0 aliphatic heterocycles. The Morgan fingerprint density at radius 3 is 2.82 bits per heavy atom. The van der Waals surface area contributed by atoms with E-state index in [4.69, 9.17) is 5.73 Å². The van der Waals surface area contributed by atoms with Crippen LogP contribution in [0.1, 0.15) is 5.82 Å². The lowest BCUT2D eigenvalue weighted by molar-refractivity contribution is -0.384. The Morgan fingerprint density at radius 1 is 1.73 bits per heavy atom. The molecule has 11 heavy (non-hydrogen) atoms. The van der Waals surface area contributed by atoms with Gasteiger partial charge in [-0.25, -0.2) is 9.97 Å². The van der Waals surface area contributed by atoms with Crippen LogP contribution in [-0.4, -0.2) is 14.9 Å².